The Morgan fingerprint density at radius 2 is 1.83 bits per heavy atom. The third kappa shape index (κ3) is 2.29. The first-order valence-corrected chi connectivity index (χ1v) is 6.18. The van der Waals surface area contributed by atoms with Crippen molar-refractivity contribution in [1.29, 1.82) is 0 Å². The second kappa shape index (κ2) is 4.90. The van der Waals surface area contributed by atoms with E-state index >= 15 is 0 Å². The molecule has 4 heteroatoms. The van der Waals surface area contributed by atoms with E-state index in [0.717, 1.165) is 17.5 Å². The second-order valence-electron chi connectivity index (χ2n) is 4.67. The molecule has 0 aliphatic carbocycles. The van der Waals surface area contributed by atoms with E-state index in [-0.39, 0.29) is 6.04 Å². The van der Waals surface area contributed by atoms with Crippen molar-refractivity contribution in [2.24, 2.45) is 5.73 Å². The highest BCUT2D eigenvalue weighted by Gasteiger charge is 2.18. The highest BCUT2D eigenvalue weighted by atomic mass is 16.5. The molecular formula is C14H19N3O. The molecule has 0 aliphatic heterocycles. The predicted octanol–water partition coefficient (Wildman–Crippen LogP) is 2.61. The molecule has 1 aromatic carbocycles. The predicted molar refractivity (Wildman–Crippen MR) is 70.4 cm³/mol. The maximum atomic E-state index is 6.22. The SMILES string of the molecule is CCc1nc(C(N)c2cc(C)c(C)cc2C)no1. The highest BCUT2D eigenvalue weighted by molar-refractivity contribution is 5.39. The van der Waals surface area contributed by atoms with Crippen LogP contribution in [0.1, 0.15) is 46.9 Å². The maximum absolute atomic E-state index is 6.22. The van der Waals surface area contributed by atoms with E-state index in [2.05, 4.69) is 43.0 Å². The van der Waals surface area contributed by atoms with Gasteiger partial charge in [-0.15, -0.1) is 0 Å². The molecule has 0 aliphatic rings. The van der Waals surface area contributed by atoms with Gasteiger partial charge < -0.3 is 10.3 Å². The lowest BCUT2D eigenvalue weighted by Crippen LogP contribution is -2.15. The summed E-state index contributed by atoms with van der Waals surface area (Å²) in [5, 5.41) is 3.95. The van der Waals surface area contributed by atoms with Crippen LogP contribution in [-0.2, 0) is 6.42 Å². The summed E-state index contributed by atoms with van der Waals surface area (Å²) in [5.41, 5.74) is 10.9. The first-order valence-electron chi connectivity index (χ1n) is 6.18. The van der Waals surface area contributed by atoms with E-state index in [1.54, 1.807) is 0 Å². The maximum Gasteiger partial charge on any atom is 0.226 e. The summed E-state index contributed by atoms with van der Waals surface area (Å²) in [7, 11) is 0. The smallest absolute Gasteiger partial charge is 0.226 e. The van der Waals surface area contributed by atoms with E-state index in [4.69, 9.17) is 10.3 Å². The van der Waals surface area contributed by atoms with Crippen molar-refractivity contribution < 1.29 is 4.52 Å². The van der Waals surface area contributed by atoms with E-state index < -0.39 is 0 Å². The average Bonchev–Trinajstić information content (AvgIpc) is 2.81. The van der Waals surface area contributed by atoms with Crippen molar-refractivity contribution in [3.8, 4) is 0 Å². The molecule has 4 nitrogen and oxygen atoms in total. The fraction of sp³-hybridized carbons (Fsp3) is 0.429. The number of benzene rings is 1. The number of rotatable bonds is 3. The molecule has 18 heavy (non-hydrogen) atoms. The van der Waals surface area contributed by atoms with E-state index in [1.807, 2.05) is 6.92 Å². The van der Waals surface area contributed by atoms with Crippen molar-refractivity contribution in [3.05, 3.63) is 46.1 Å². The van der Waals surface area contributed by atoms with Gasteiger partial charge in [-0.25, -0.2) is 0 Å². The molecule has 1 heterocycles. The van der Waals surface area contributed by atoms with E-state index in [0.29, 0.717) is 11.7 Å². The monoisotopic (exact) mass is 245 g/mol. The Labute approximate surface area is 107 Å². The Balaban J connectivity index is 2.39. The van der Waals surface area contributed by atoms with Crippen LogP contribution in [0.3, 0.4) is 0 Å². The summed E-state index contributed by atoms with van der Waals surface area (Å²) in [5.74, 6) is 1.18. The average molecular weight is 245 g/mol. The van der Waals surface area contributed by atoms with Crippen LogP contribution in [0.4, 0.5) is 0 Å². The van der Waals surface area contributed by atoms with Gasteiger partial charge in [0.25, 0.3) is 0 Å². The van der Waals surface area contributed by atoms with Crippen LogP contribution in [0.25, 0.3) is 0 Å². The van der Waals surface area contributed by atoms with Crippen LogP contribution >= 0.6 is 0 Å². The molecule has 1 unspecified atom stereocenters. The van der Waals surface area contributed by atoms with Gasteiger partial charge in [0.05, 0.1) is 6.04 Å². The number of hydrogen-bond acceptors (Lipinski definition) is 4. The summed E-state index contributed by atoms with van der Waals surface area (Å²) in [6.45, 7) is 8.21. The quantitative estimate of drug-likeness (QED) is 0.902. The van der Waals surface area contributed by atoms with Gasteiger partial charge in [0.15, 0.2) is 5.82 Å². The molecule has 2 rings (SSSR count). The van der Waals surface area contributed by atoms with Crippen molar-refractivity contribution in [2.45, 2.75) is 40.2 Å². The Bertz CT molecular complexity index is 560. The summed E-state index contributed by atoms with van der Waals surface area (Å²) < 4.78 is 5.11. The molecular weight excluding hydrogens is 226 g/mol. The molecule has 0 amide bonds. The van der Waals surface area contributed by atoms with Gasteiger partial charge in [-0.2, -0.15) is 4.98 Å². The molecule has 0 radical (unpaired) electrons. The molecule has 2 aromatic rings. The molecule has 0 saturated heterocycles. The first kappa shape index (κ1) is 12.8. The van der Waals surface area contributed by atoms with Gasteiger partial charge in [0, 0.05) is 6.42 Å². The number of nitrogens with two attached hydrogens (primary N) is 1. The third-order valence-electron chi connectivity index (χ3n) is 3.28. The topological polar surface area (TPSA) is 64.9 Å². The molecule has 1 aromatic heterocycles. The zero-order chi connectivity index (χ0) is 13.3. The molecule has 1 atom stereocenters. The Morgan fingerprint density at radius 1 is 1.17 bits per heavy atom. The minimum absolute atomic E-state index is 0.326. The fourth-order valence-corrected chi connectivity index (χ4v) is 1.99. The fourth-order valence-electron chi connectivity index (χ4n) is 1.99. The molecule has 0 fully saturated rings. The summed E-state index contributed by atoms with van der Waals surface area (Å²) >= 11 is 0. The lowest BCUT2D eigenvalue weighted by atomic mass is 9.96. The Kier molecular flexibility index (Phi) is 3.48. The zero-order valence-electron chi connectivity index (χ0n) is 11.3. The lowest BCUT2D eigenvalue weighted by molar-refractivity contribution is 0.375. The van der Waals surface area contributed by atoms with Crippen molar-refractivity contribution >= 4 is 0 Å². The molecule has 0 bridgehead atoms. The first-order chi connectivity index (χ1) is 8.52. The number of nitrogens with zero attached hydrogens (tertiary/aromatic N) is 2. The minimum atomic E-state index is -0.326. The van der Waals surface area contributed by atoms with Gasteiger partial charge in [0.1, 0.15) is 0 Å². The van der Waals surface area contributed by atoms with Gasteiger partial charge >= 0.3 is 0 Å². The highest BCUT2D eigenvalue weighted by Crippen LogP contribution is 2.23. The standard InChI is InChI=1S/C14H19N3O/c1-5-12-16-14(17-18-12)13(15)11-7-9(3)8(2)6-10(11)4/h6-7,13H,5,15H2,1-4H3. The van der Waals surface area contributed by atoms with Crippen LogP contribution in [0.5, 0.6) is 0 Å². The van der Waals surface area contributed by atoms with E-state index in [9.17, 15) is 0 Å². The molecule has 0 spiro atoms. The molecule has 96 valence electrons. The molecule has 0 saturated carbocycles. The normalized spacial score (nSPS) is 12.7. The van der Waals surface area contributed by atoms with Crippen molar-refractivity contribution in [3.63, 3.8) is 0 Å². The zero-order valence-corrected chi connectivity index (χ0v) is 11.3. The summed E-state index contributed by atoms with van der Waals surface area (Å²) in [4.78, 5) is 4.30. The van der Waals surface area contributed by atoms with E-state index in [1.165, 1.54) is 11.1 Å². The number of aromatic nitrogens is 2. The summed E-state index contributed by atoms with van der Waals surface area (Å²) in [6.07, 6.45) is 0.728. The van der Waals surface area contributed by atoms with Gasteiger partial charge in [-0.1, -0.05) is 24.2 Å². The number of aryl methyl sites for hydroxylation is 4. The van der Waals surface area contributed by atoms with Gasteiger partial charge in [-0.3, -0.25) is 0 Å². The van der Waals surface area contributed by atoms with Crippen LogP contribution in [0.2, 0.25) is 0 Å². The minimum Gasteiger partial charge on any atom is -0.339 e. The molecule has 2 N–H and O–H groups in total. The van der Waals surface area contributed by atoms with Crippen molar-refractivity contribution in [2.75, 3.05) is 0 Å². The lowest BCUT2D eigenvalue weighted by Gasteiger charge is -2.13. The third-order valence-corrected chi connectivity index (χ3v) is 3.28. The van der Waals surface area contributed by atoms with Crippen LogP contribution in [0.15, 0.2) is 16.7 Å². The Morgan fingerprint density at radius 3 is 2.44 bits per heavy atom. The summed E-state index contributed by atoms with van der Waals surface area (Å²) in [6, 6.07) is 3.93. The van der Waals surface area contributed by atoms with Gasteiger partial charge in [-0.05, 0) is 43.0 Å². The Hall–Kier alpha value is -1.68. The van der Waals surface area contributed by atoms with Crippen LogP contribution < -0.4 is 5.73 Å². The van der Waals surface area contributed by atoms with Crippen molar-refractivity contribution in [1.82, 2.24) is 10.1 Å². The number of hydrogen-bond donors (Lipinski definition) is 1. The second-order valence-corrected chi connectivity index (χ2v) is 4.67. The van der Waals surface area contributed by atoms with Crippen LogP contribution in [0, 0.1) is 20.8 Å². The van der Waals surface area contributed by atoms with Crippen LogP contribution in [-0.4, -0.2) is 10.1 Å². The van der Waals surface area contributed by atoms with Gasteiger partial charge in [0.2, 0.25) is 5.89 Å². The largest absolute Gasteiger partial charge is 0.339 e.